The van der Waals surface area contributed by atoms with Crippen LogP contribution in [0.5, 0.6) is 0 Å². The SMILES string of the molecule is CCc1cccc(C)c1-n1c(C)cc(C=Nc2cccc(C(=O)O)c2C)c1C. The minimum atomic E-state index is -0.931. The van der Waals surface area contributed by atoms with Gasteiger partial charge in [-0.3, -0.25) is 4.99 Å². The lowest BCUT2D eigenvalue weighted by molar-refractivity contribution is 0.0696. The van der Waals surface area contributed by atoms with Gasteiger partial charge in [-0.05, 0) is 69.0 Å². The molecule has 4 heteroatoms. The van der Waals surface area contributed by atoms with Crippen LogP contribution >= 0.6 is 0 Å². The lowest BCUT2D eigenvalue weighted by Crippen LogP contribution is -2.05. The molecule has 0 bridgehead atoms. The molecular formula is C24H26N2O2. The molecule has 144 valence electrons. The van der Waals surface area contributed by atoms with Crippen LogP contribution in [-0.2, 0) is 6.42 Å². The van der Waals surface area contributed by atoms with Gasteiger partial charge in [0, 0.05) is 23.2 Å². The number of aromatic nitrogens is 1. The van der Waals surface area contributed by atoms with Crippen molar-refractivity contribution >= 4 is 17.9 Å². The maximum atomic E-state index is 11.3. The van der Waals surface area contributed by atoms with Gasteiger partial charge in [-0.15, -0.1) is 0 Å². The molecule has 3 rings (SSSR count). The first-order chi connectivity index (χ1) is 13.3. The Hall–Kier alpha value is -3.14. The van der Waals surface area contributed by atoms with Crippen LogP contribution in [-0.4, -0.2) is 21.9 Å². The minimum Gasteiger partial charge on any atom is -0.478 e. The molecule has 0 fully saturated rings. The first-order valence-electron chi connectivity index (χ1n) is 9.50. The summed E-state index contributed by atoms with van der Waals surface area (Å²) < 4.78 is 2.29. The number of aromatic carboxylic acids is 1. The van der Waals surface area contributed by atoms with E-state index in [1.54, 1.807) is 19.1 Å². The van der Waals surface area contributed by atoms with E-state index in [9.17, 15) is 9.90 Å². The number of carbonyl (C=O) groups is 1. The van der Waals surface area contributed by atoms with Crippen LogP contribution in [0.3, 0.4) is 0 Å². The fourth-order valence-electron chi connectivity index (χ4n) is 3.72. The van der Waals surface area contributed by atoms with E-state index in [1.165, 1.54) is 16.8 Å². The van der Waals surface area contributed by atoms with Crippen molar-refractivity contribution in [3.05, 3.63) is 81.7 Å². The Bertz CT molecular complexity index is 1070. The molecule has 0 saturated heterocycles. The molecule has 0 atom stereocenters. The largest absolute Gasteiger partial charge is 0.478 e. The van der Waals surface area contributed by atoms with Gasteiger partial charge in [0.15, 0.2) is 0 Å². The second-order valence-electron chi connectivity index (χ2n) is 7.11. The van der Waals surface area contributed by atoms with E-state index < -0.39 is 5.97 Å². The summed E-state index contributed by atoms with van der Waals surface area (Å²) in [5, 5.41) is 9.31. The van der Waals surface area contributed by atoms with Gasteiger partial charge in [0.1, 0.15) is 0 Å². The summed E-state index contributed by atoms with van der Waals surface area (Å²) in [5.41, 5.74) is 8.74. The molecule has 0 spiro atoms. The molecule has 0 saturated carbocycles. The lowest BCUT2D eigenvalue weighted by Gasteiger charge is -2.17. The number of nitrogens with zero attached hydrogens (tertiary/aromatic N) is 2. The highest BCUT2D eigenvalue weighted by Gasteiger charge is 2.14. The highest BCUT2D eigenvalue weighted by atomic mass is 16.4. The van der Waals surface area contributed by atoms with Crippen LogP contribution < -0.4 is 0 Å². The van der Waals surface area contributed by atoms with Crippen LogP contribution in [0, 0.1) is 27.7 Å². The lowest BCUT2D eigenvalue weighted by atomic mass is 10.1. The molecule has 0 aliphatic heterocycles. The molecule has 4 nitrogen and oxygen atoms in total. The van der Waals surface area contributed by atoms with Crippen LogP contribution in [0.4, 0.5) is 5.69 Å². The van der Waals surface area contributed by atoms with Crippen LogP contribution in [0.25, 0.3) is 5.69 Å². The van der Waals surface area contributed by atoms with Gasteiger partial charge < -0.3 is 9.67 Å². The molecule has 0 aliphatic rings. The fourth-order valence-corrected chi connectivity index (χ4v) is 3.72. The van der Waals surface area contributed by atoms with Crippen molar-refractivity contribution in [1.29, 1.82) is 0 Å². The van der Waals surface area contributed by atoms with Crippen molar-refractivity contribution in [2.24, 2.45) is 4.99 Å². The maximum Gasteiger partial charge on any atom is 0.336 e. The Morgan fingerprint density at radius 3 is 2.50 bits per heavy atom. The van der Waals surface area contributed by atoms with E-state index in [0.29, 0.717) is 11.3 Å². The molecular weight excluding hydrogens is 348 g/mol. The third-order valence-corrected chi connectivity index (χ3v) is 5.27. The summed E-state index contributed by atoms with van der Waals surface area (Å²) in [6, 6.07) is 13.7. The zero-order valence-electron chi connectivity index (χ0n) is 17.1. The fraction of sp³-hybridized carbons (Fsp3) is 0.250. The Morgan fingerprint density at radius 2 is 1.82 bits per heavy atom. The van der Waals surface area contributed by atoms with Crippen molar-refractivity contribution in [3.8, 4) is 5.69 Å². The number of carboxylic acids is 1. The zero-order chi connectivity index (χ0) is 20.4. The second-order valence-corrected chi connectivity index (χ2v) is 7.11. The number of para-hydroxylation sites is 1. The van der Waals surface area contributed by atoms with Crippen molar-refractivity contribution in [1.82, 2.24) is 4.57 Å². The van der Waals surface area contributed by atoms with Crippen molar-refractivity contribution in [3.63, 3.8) is 0 Å². The van der Waals surface area contributed by atoms with Crippen LogP contribution in [0.2, 0.25) is 0 Å². The van der Waals surface area contributed by atoms with Gasteiger partial charge in [0.25, 0.3) is 0 Å². The highest BCUT2D eigenvalue weighted by molar-refractivity contribution is 5.92. The monoisotopic (exact) mass is 374 g/mol. The third-order valence-electron chi connectivity index (χ3n) is 5.27. The molecule has 0 amide bonds. The quantitative estimate of drug-likeness (QED) is 0.581. The van der Waals surface area contributed by atoms with E-state index >= 15 is 0 Å². The molecule has 1 heterocycles. The predicted molar refractivity (Wildman–Crippen MR) is 115 cm³/mol. The molecule has 0 aliphatic carbocycles. The molecule has 1 aromatic heterocycles. The number of hydrogen-bond donors (Lipinski definition) is 1. The van der Waals surface area contributed by atoms with Crippen molar-refractivity contribution in [2.75, 3.05) is 0 Å². The Balaban J connectivity index is 2.06. The highest BCUT2D eigenvalue weighted by Crippen LogP contribution is 2.27. The summed E-state index contributed by atoms with van der Waals surface area (Å²) in [6.45, 7) is 10.3. The van der Waals surface area contributed by atoms with Gasteiger partial charge >= 0.3 is 5.97 Å². The summed E-state index contributed by atoms with van der Waals surface area (Å²) in [4.78, 5) is 15.9. The van der Waals surface area contributed by atoms with E-state index in [2.05, 4.69) is 61.5 Å². The Labute approximate surface area is 166 Å². The number of rotatable bonds is 5. The third kappa shape index (κ3) is 3.50. The number of aliphatic imine (C=N–C) groups is 1. The summed E-state index contributed by atoms with van der Waals surface area (Å²) >= 11 is 0. The van der Waals surface area contributed by atoms with Gasteiger partial charge in [0.2, 0.25) is 0 Å². The van der Waals surface area contributed by atoms with Gasteiger partial charge in [-0.25, -0.2) is 4.79 Å². The number of carboxylic acid groups (broad SMARTS) is 1. The van der Waals surface area contributed by atoms with E-state index in [4.69, 9.17) is 0 Å². The standard InChI is InChI=1S/C24H26N2O2/c1-6-19-10-7-9-15(2)23(19)26-16(3)13-20(18(26)5)14-25-22-12-8-11-21(17(22)4)24(27)28/h7-14H,6H2,1-5H3,(H,27,28). The number of aryl methyl sites for hydroxylation is 3. The molecule has 3 aromatic rings. The van der Waals surface area contributed by atoms with E-state index in [1.807, 2.05) is 12.3 Å². The molecule has 1 N–H and O–H groups in total. The predicted octanol–water partition coefficient (Wildman–Crippen LogP) is 5.72. The van der Waals surface area contributed by atoms with Crippen LogP contribution in [0.1, 0.15) is 50.9 Å². The smallest absolute Gasteiger partial charge is 0.336 e. The van der Waals surface area contributed by atoms with Gasteiger partial charge in [-0.1, -0.05) is 31.2 Å². The second kappa shape index (κ2) is 7.85. The minimum absolute atomic E-state index is 0.285. The van der Waals surface area contributed by atoms with Crippen LogP contribution in [0.15, 0.2) is 47.5 Å². The Morgan fingerprint density at radius 1 is 1.11 bits per heavy atom. The molecule has 2 aromatic carbocycles. The molecule has 0 radical (unpaired) electrons. The zero-order valence-corrected chi connectivity index (χ0v) is 17.1. The number of hydrogen-bond acceptors (Lipinski definition) is 2. The molecule has 0 unspecified atom stereocenters. The van der Waals surface area contributed by atoms with E-state index in [0.717, 1.165) is 23.4 Å². The average molecular weight is 374 g/mol. The average Bonchev–Trinajstić information content (AvgIpc) is 2.94. The van der Waals surface area contributed by atoms with Crippen molar-refractivity contribution in [2.45, 2.75) is 41.0 Å². The normalized spacial score (nSPS) is 11.3. The topological polar surface area (TPSA) is 54.6 Å². The van der Waals surface area contributed by atoms with Gasteiger partial charge in [0.05, 0.1) is 16.9 Å². The summed E-state index contributed by atoms with van der Waals surface area (Å²) in [6.07, 6.45) is 2.80. The van der Waals surface area contributed by atoms with Crippen molar-refractivity contribution < 1.29 is 9.90 Å². The Kier molecular flexibility index (Phi) is 5.50. The maximum absolute atomic E-state index is 11.3. The number of benzene rings is 2. The first-order valence-corrected chi connectivity index (χ1v) is 9.50. The first kappa shape index (κ1) is 19.6. The van der Waals surface area contributed by atoms with E-state index in [-0.39, 0.29) is 5.56 Å². The van der Waals surface area contributed by atoms with Gasteiger partial charge in [-0.2, -0.15) is 0 Å². The summed E-state index contributed by atoms with van der Waals surface area (Å²) in [7, 11) is 0. The molecule has 28 heavy (non-hydrogen) atoms. The summed E-state index contributed by atoms with van der Waals surface area (Å²) in [5.74, 6) is -0.931.